The Morgan fingerprint density at radius 3 is 2.85 bits per heavy atom. The molecule has 4 N–H and O–H groups in total. The Labute approximate surface area is 115 Å². The Hall–Kier alpha value is -2.74. The van der Waals surface area contributed by atoms with Gasteiger partial charge in [-0.25, -0.2) is 10.8 Å². The molecule has 0 fully saturated rings. The van der Waals surface area contributed by atoms with Gasteiger partial charge in [0.2, 0.25) is 5.82 Å². The van der Waals surface area contributed by atoms with Crippen LogP contribution in [0, 0.1) is 17.0 Å². The van der Waals surface area contributed by atoms with Crippen LogP contribution < -0.4 is 16.6 Å². The van der Waals surface area contributed by atoms with Gasteiger partial charge in [-0.15, -0.1) is 0 Å². The first-order valence-corrected chi connectivity index (χ1v) is 5.87. The van der Waals surface area contributed by atoms with Gasteiger partial charge in [-0.2, -0.15) is 0 Å². The minimum absolute atomic E-state index is 0.106. The smallest absolute Gasteiger partial charge is 0.311 e. The van der Waals surface area contributed by atoms with E-state index < -0.39 is 4.92 Å². The SMILES string of the molecule is Cc1ccncc1CNc1nc(NN)ccc1[N+](=O)[O-]. The van der Waals surface area contributed by atoms with Crippen LogP contribution in [0.3, 0.4) is 0 Å². The number of aromatic nitrogens is 2. The minimum Gasteiger partial charge on any atom is -0.360 e. The molecule has 0 unspecified atom stereocenters. The molecule has 0 atom stereocenters. The van der Waals surface area contributed by atoms with E-state index in [-0.39, 0.29) is 11.5 Å². The molecule has 104 valence electrons. The van der Waals surface area contributed by atoms with E-state index in [1.807, 2.05) is 13.0 Å². The van der Waals surface area contributed by atoms with E-state index in [4.69, 9.17) is 5.84 Å². The van der Waals surface area contributed by atoms with E-state index in [0.717, 1.165) is 11.1 Å². The lowest BCUT2D eigenvalue weighted by molar-refractivity contribution is -0.384. The average Bonchev–Trinajstić information content (AvgIpc) is 2.46. The second kappa shape index (κ2) is 5.93. The number of rotatable bonds is 5. The number of anilines is 2. The fourth-order valence-corrected chi connectivity index (χ4v) is 1.67. The van der Waals surface area contributed by atoms with E-state index in [9.17, 15) is 10.1 Å². The molecular formula is C12H14N6O2. The molecule has 0 saturated carbocycles. The van der Waals surface area contributed by atoms with Gasteiger partial charge >= 0.3 is 5.69 Å². The molecule has 2 aromatic rings. The minimum atomic E-state index is -0.494. The monoisotopic (exact) mass is 274 g/mol. The van der Waals surface area contributed by atoms with E-state index in [2.05, 4.69) is 20.7 Å². The highest BCUT2D eigenvalue weighted by Gasteiger charge is 2.15. The van der Waals surface area contributed by atoms with Crippen molar-refractivity contribution in [3.8, 4) is 0 Å². The molecule has 0 aliphatic carbocycles. The first kappa shape index (κ1) is 13.7. The zero-order valence-corrected chi connectivity index (χ0v) is 10.8. The lowest BCUT2D eigenvalue weighted by atomic mass is 10.1. The molecule has 0 radical (unpaired) electrons. The van der Waals surface area contributed by atoms with Crippen molar-refractivity contribution in [2.45, 2.75) is 13.5 Å². The number of nitrogens with one attached hydrogen (secondary N) is 2. The predicted molar refractivity (Wildman–Crippen MR) is 75.0 cm³/mol. The van der Waals surface area contributed by atoms with Crippen LogP contribution in [-0.2, 0) is 6.54 Å². The summed E-state index contributed by atoms with van der Waals surface area (Å²) in [4.78, 5) is 18.5. The van der Waals surface area contributed by atoms with Gasteiger partial charge in [0, 0.05) is 25.0 Å². The summed E-state index contributed by atoms with van der Waals surface area (Å²) in [6.07, 6.45) is 3.40. The molecule has 2 aromatic heterocycles. The van der Waals surface area contributed by atoms with Gasteiger partial charge in [-0.05, 0) is 30.2 Å². The summed E-state index contributed by atoms with van der Waals surface area (Å²) in [5.74, 6) is 5.77. The summed E-state index contributed by atoms with van der Waals surface area (Å²) in [5, 5.41) is 13.9. The lowest BCUT2D eigenvalue weighted by Gasteiger charge is -2.09. The van der Waals surface area contributed by atoms with Crippen molar-refractivity contribution >= 4 is 17.3 Å². The Balaban J connectivity index is 2.24. The largest absolute Gasteiger partial charge is 0.360 e. The molecule has 8 nitrogen and oxygen atoms in total. The fraction of sp³-hybridized carbons (Fsp3) is 0.167. The third-order valence-electron chi connectivity index (χ3n) is 2.81. The van der Waals surface area contributed by atoms with E-state index >= 15 is 0 Å². The summed E-state index contributed by atoms with van der Waals surface area (Å²) in [7, 11) is 0. The number of nitro groups is 1. The van der Waals surface area contributed by atoms with Crippen LogP contribution in [0.5, 0.6) is 0 Å². The number of hydrogen-bond donors (Lipinski definition) is 3. The molecule has 2 rings (SSSR count). The topological polar surface area (TPSA) is 119 Å². The van der Waals surface area contributed by atoms with Gasteiger partial charge in [-0.3, -0.25) is 15.1 Å². The van der Waals surface area contributed by atoms with Crippen LogP contribution in [0.25, 0.3) is 0 Å². The van der Waals surface area contributed by atoms with Crippen LogP contribution in [0.4, 0.5) is 17.3 Å². The maximum absolute atomic E-state index is 11.0. The van der Waals surface area contributed by atoms with Crippen LogP contribution in [0.2, 0.25) is 0 Å². The zero-order valence-electron chi connectivity index (χ0n) is 10.8. The van der Waals surface area contributed by atoms with Crippen molar-refractivity contribution in [3.63, 3.8) is 0 Å². The number of nitrogen functional groups attached to an aromatic ring is 1. The molecule has 0 aliphatic heterocycles. The molecule has 20 heavy (non-hydrogen) atoms. The summed E-state index contributed by atoms with van der Waals surface area (Å²) in [6.45, 7) is 2.33. The Bertz CT molecular complexity index is 631. The predicted octanol–water partition coefficient (Wildman–Crippen LogP) is 1.59. The van der Waals surface area contributed by atoms with Gasteiger partial charge in [0.1, 0.15) is 5.82 Å². The standard InChI is InChI=1S/C12H14N6O2/c1-8-4-5-14-6-9(8)7-15-12-10(18(19)20)2-3-11(16-12)17-13/h2-6H,7,13H2,1H3,(H2,15,16,17). The van der Waals surface area contributed by atoms with Crippen LogP contribution in [0.15, 0.2) is 30.6 Å². The number of nitrogens with two attached hydrogens (primary N) is 1. The van der Waals surface area contributed by atoms with Crippen molar-refractivity contribution in [1.82, 2.24) is 9.97 Å². The summed E-state index contributed by atoms with van der Waals surface area (Å²) >= 11 is 0. The van der Waals surface area contributed by atoms with Gasteiger partial charge in [-0.1, -0.05) is 0 Å². The zero-order chi connectivity index (χ0) is 14.5. The highest BCUT2D eigenvalue weighted by Crippen LogP contribution is 2.24. The van der Waals surface area contributed by atoms with Gasteiger partial charge < -0.3 is 10.7 Å². The molecule has 2 heterocycles. The molecule has 0 saturated heterocycles. The average molecular weight is 274 g/mol. The summed E-state index contributed by atoms with van der Waals surface area (Å²) < 4.78 is 0. The Kier molecular flexibility index (Phi) is 4.06. The van der Waals surface area contributed by atoms with E-state index in [0.29, 0.717) is 12.4 Å². The third-order valence-corrected chi connectivity index (χ3v) is 2.81. The van der Waals surface area contributed by atoms with Crippen molar-refractivity contribution in [1.29, 1.82) is 0 Å². The van der Waals surface area contributed by atoms with Crippen LogP contribution in [0.1, 0.15) is 11.1 Å². The van der Waals surface area contributed by atoms with Crippen LogP contribution >= 0.6 is 0 Å². The number of hydrazine groups is 1. The maximum Gasteiger partial charge on any atom is 0.311 e. The van der Waals surface area contributed by atoms with Crippen molar-refractivity contribution in [2.75, 3.05) is 10.7 Å². The highest BCUT2D eigenvalue weighted by molar-refractivity contribution is 5.60. The third kappa shape index (κ3) is 2.98. The van der Waals surface area contributed by atoms with Crippen LogP contribution in [-0.4, -0.2) is 14.9 Å². The quantitative estimate of drug-likeness (QED) is 0.430. The van der Waals surface area contributed by atoms with Gasteiger partial charge in [0.25, 0.3) is 0 Å². The fourth-order valence-electron chi connectivity index (χ4n) is 1.67. The van der Waals surface area contributed by atoms with Crippen molar-refractivity contribution in [3.05, 3.63) is 51.8 Å². The molecule has 0 aliphatic rings. The second-order valence-electron chi connectivity index (χ2n) is 4.12. The van der Waals surface area contributed by atoms with E-state index in [1.165, 1.54) is 12.1 Å². The van der Waals surface area contributed by atoms with Gasteiger partial charge in [0.05, 0.1) is 4.92 Å². The Morgan fingerprint density at radius 1 is 1.40 bits per heavy atom. The van der Waals surface area contributed by atoms with Crippen molar-refractivity contribution in [2.24, 2.45) is 5.84 Å². The molecule has 0 spiro atoms. The second-order valence-corrected chi connectivity index (χ2v) is 4.12. The highest BCUT2D eigenvalue weighted by atomic mass is 16.6. The normalized spacial score (nSPS) is 10.1. The maximum atomic E-state index is 11.0. The van der Waals surface area contributed by atoms with Gasteiger partial charge in [0.15, 0.2) is 0 Å². The Morgan fingerprint density at radius 2 is 2.20 bits per heavy atom. The molecule has 8 heteroatoms. The number of nitrogens with zero attached hydrogens (tertiary/aromatic N) is 3. The summed E-state index contributed by atoms with van der Waals surface area (Å²) in [5.41, 5.74) is 4.24. The first-order valence-electron chi connectivity index (χ1n) is 5.87. The number of pyridine rings is 2. The van der Waals surface area contributed by atoms with E-state index in [1.54, 1.807) is 12.4 Å². The molecule has 0 aromatic carbocycles. The molecular weight excluding hydrogens is 260 g/mol. The summed E-state index contributed by atoms with van der Waals surface area (Å²) in [6, 6.07) is 4.66. The molecule has 0 amide bonds. The number of aryl methyl sites for hydroxylation is 1. The lowest BCUT2D eigenvalue weighted by Crippen LogP contribution is -2.11. The molecule has 0 bridgehead atoms. The van der Waals surface area contributed by atoms with Crippen molar-refractivity contribution < 1.29 is 4.92 Å². The first-order chi connectivity index (χ1) is 9.61. The number of hydrogen-bond acceptors (Lipinski definition) is 7.